The Bertz CT molecular complexity index is 3270. The van der Waals surface area contributed by atoms with Crippen molar-refractivity contribution in [3.05, 3.63) is 229 Å². The Labute approximate surface area is 378 Å². The summed E-state index contributed by atoms with van der Waals surface area (Å²) in [6, 6.07) is 77.1. The molecule has 0 radical (unpaired) electrons. The van der Waals surface area contributed by atoms with Crippen LogP contribution in [-0.4, -0.2) is 0 Å². The van der Waals surface area contributed by atoms with Crippen LogP contribution < -0.4 is 9.80 Å². The molecule has 0 spiro atoms. The molecule has 2 heteroatoms. The predicted octanol–water partition coefficient (Wildman–Crippen LogP) is 17.1. The van der Waals surface area contributed by atoms with E-state index in [1.807, 2.05) is 0 Å². The molecule has 0 saturated heterocycles. The molecule has 1 atom stereocenters. The molecule has 0 heterocycles. The molecule has 0 fully saturated rings. The van der Waals surface area contributed by atoms with E-state index in [2.05, 4.69) is 258 Å². The average molecular weight is 827 g/mol. The minimum absolute atomic E-state index is 0.227. The van der Waals surface area contributed by atoms with Crippen LogP contribution in [0.4, 0.5) is 22.7 Å². The van der Waals surface area contributed by atoms with Gasteiger partial charge in [0.1, 0.15) is 0 Å². The van der Waals surface area contributed by atoms with Crippen molar-refractivity contribution in [2.45, 2.75) is 64.5 Å². The molecule has 1 aliphatic rings. The summed E-state index contributed by atoms with van der Waals surface area (Å²) in [6.45, 7) is 14.4. The number of fused-ring (bicyclic) bond motifs is 7. The molecule has 10 aromatic carbocycles. The van der Waals surface area contributed by atoms with Gasteiger partial charge in [0, 0.05) is 28.2 Å². The first-order chi connectivity index (χ1) is 31.0. The monoisotopic (exact) mass is 826 g/mol. The zero-order valence-electron chi connectivity index (χ0n) is 37.7. The lowest BCUT2D eigenvalue weighted by atomic mass is 9.78. The largest absolute Gasteiger partial charge is 0.332 e. The van der Waals surface area contributed by atoms with Crippen LogP contribution in [0.5, 0.6) is 0 Å². The van der Waals surface area contributed by atoms with Crippen LogP contribution in [-0.2, 0) is 16.5 Å². The van der Waals surface area contributed by atoms with Gasteiger partial charge in [0.05, 0.1) is 11.1 Å². The van der Waals surface area contributed by atoms with Crippen LogP contribution in [0.1, 0.15) is 70.2 Å². The van der Waals surface area contributed by atoms with Gasteiger partial charge in [0.25, 0.3) is 0 Å². The molecule has 0 aromatic heterocycles. The summed E-state index contributed by atoms with van der Waals surface area (Å²) < 4.78 is 0. The van der Waals surface area contributed by atoms with Crippen LogP contribution in [0, 0.1) is 0 Å². The molecule has 0 N–H and O–H groups in total. The van der Waals surface area contributed by atoms with Crippen LogP contribution >= 0.6 is 0 Å². The Morgan fingerprint density at radius 2 is 0.688 bits per heavy atom. The van der Waals surface area contributed by atoms with Crippen LogP contribution in [0.15, 0.2) is 206 Å². The van der Waals surface area contributed by atoms with Crippen LogP contribution in [0.25, 0.3) is 54.2 Å². The van der Waals surface area contributed by atoms with E-state index >= 15 is 0 Å². The summed E-state index contributed by atoms with van der Waals surface area (Å²) in [7, 11) is 0. The smallest absolute Gasteiger partial charge is 0.0671 e. The second-order valence-corrected chi connectivity index (χ2v) is 19.1. The van der Waals surface area contributed by atoms with Crippen molar-refractivity contribution >= 4 is 65.8 Å². The van der Waals surface area contributed by atoms with E-state index in [1.54, 1.807) is 0 Å². The van der Waals surface area contributed by atoms with E-state index in [0.29, 0.717) is 0 Å². The normalized spacial score (nSPS) is 14.1. The molecule has 64 heavy (non-hydrogen) atoms. The maximum Gasteiger partial charge on any atom is 0.0671 e. The van der Waals surface area contributed by atoms with E-state index in [0.717, 1.165) is 6.42 Å². The minimum Gasteiger partial charge on any atom is -0.332 e. The third-order valence-corrected chi connectivity index (χ3v) is 14.7. The Hall–Kier alpha value is -7.16. The number of anilines is 4. The van der Waals surface area contributed by atoms with Gasteiger partial charge in [-0.15, -0.1) is 0 Å². The zero-order valence-corrected chi connectivity index (χ0v) is 37.7. The highest BCUT2D eigenvalue weighted by atomic mass is 15.2. The molecule has 0 amide bonds. The summed E-state index contributed by atoms with van der Waals surface area (Å²) in [4.78, 5) is 5.14. The van der Waals surface area contributed by atoms with Gasteiger partial charge in [-0.05, 0) is 152 Å². The molecule has 1 unspecified atom stereocenters. The summed E-state index contributed by atoms with van der Waals surface area (Å²) >= 11 is 0. The molecular formula is C62H54N2. The SMILES string of the molecule is CCC(C)(c1ccc2c(c1)C(C)(C)c1cc(C(C)(C)N(c3ccc4ccccc4c3)c3ccc4ccccc4c3)ccc1-2)N(c1ccc2ccccc2c1)c1ccc2ccccc2c1. The third kappa shape index (κ3) is 6.38. The van der Waals surface area contributed by atoms with Crippen molar-refractivity contribution < 1.29 is 0 Å². The van der Waals surface area contributed by atoms with E-state index in [-0.39, 0.29) is 11.0 Å². The predicted molar refractivity (Wildman–Crippen MR) is 275 cm³/mol. The maximum atomic E-state index is 2.59. The maximum absolute atomic E-state index is 2.59. The lowest BCUT2D eigenvalue weighted by Crippen LogP contribution is -2.40. The molecule has 2 nitrogen and oxygen atoms in total. The molecule has 1 aliphatic carbocycles. The van der Waals surface area contributed by atoms with Crippen molar-refractivity contribution in [1.82, 2.24) is 0 Å². The average Bonchev–Trinajstić information content (AvgIpc) is 3.56. The summed E-state index contributed by atoms with van der Waals surface area (Å²) in [5.74, 6) is 0. The van der Waals surface area contributed by atoms with Crippen molar-refractivity contribution in [1.29, 1.82) is 0 Å². The van der Waals surface area contributed by atoms with Crippen molar-refractivity contribution in [2.75, 3.05) is 9.80 Å². The van der Waals surface area contributed by atoms with Gasteiger partial charge in [-0.1, -0.05) is 178 Å². The molecule has 0 saturated carbocycles. The standard InChI is InChI=1S/C62H54N2/c1-7-62(6,64(54-32-26-44-18-10-14-22-48(44)38-54)55-33-27-45-19-11-15-23-49(45)39-55)51-29-35-57-56-34-28-50(40-58(56)60(2,3)59(57)41-51)61(4,5)63(52-30-24-42-16-8-12-20-46(42)36-52)53-31-25-43-17-9-13-21-47(43)37-53/h8-41H,7H2,1-6H3. The zero-order chi connectivity index (χ0) is 43.8. The van der Waals surface area contributed by atoms with Crippen molar-refractivity contribution in [2.24, 2.45) is 0 Å². The van der Waals surface area contributed by atoms with Crippen LogP contribution in [0.3, 0.4) is 0 Å². The van der Waals surface area contributed by atoms with Crippen molar-refractivity contribution in [3.8, 4) is 11.1 Å². The Balaban J connectivity index is 1.02. The first kappa shape index (κ1) is 39.7. The van der Waals surface area contributed by atoms with E-state index in [9.17, 15) is 0 Å². The summed E-state index contributed by atoms with van der Waals surface area (Å²) in [5.41, 5.74) is 11.7. The first-order valence-electron chi connectivity index (χ1n) is 22.9. The fourth-order valence-electron chi connectivity index (χ4n) is 10.9. The van der Waals surface area contributed by atoms with Gasteiger partial charge in [-0.3, -0.25) is 0 Å². The Morgan fingerprint density at radius 1 is 0.359 bits per heavy atom. The minimum atomic E-state index is -0.406. The van der Waals surface area contributed by atoms with Crippen LogP contribution in [0.2, 0.25) is 0 Å². The second kappa shape index (κ2) is 15.0. The number of hydrogen-bond donors (Lipinski definition) is 0. The quantitative estimate of drug-likeness (QED) is 0.143. The molecular weight excluding hydrogens is 773 g/mol. The van der Waals surface area contributed by atoms with Gasteiger partial charge in [-0.2, -0.15) is 0 Å². The lowest BCUT2D eigenvalue weighted by molar-refractivity contribution is 0.463. The van der Waals surface area contributed by atoms with E-state index in [4.69, 9.17) is 0 Å². The van der Waals surface area contributed by atoms with Gasteiger partial charge in [0.15, 0.2) is 0 Å². The fraction of sp³-hybridized carbons (Fsp3) is 0.161. The number of nitrogens with zero attached hydrogens (tertiary/aromatic N) is 2. The highest BCUT2D eigenvalue weighted by Crippen LogP contribution is 2.53. The van der Waals surface area contributed by atoms with Crippen molar-refractivity contribution in [3.63, 3.8) is 0 Å². The van der Waals surface area contributed by atoms with Gasteiger partial charge in [-0.25, -0.2) is 0 Å². The Kier molecular flexibility index (Phi) is 9.29. The van der Waals surface area contributed by atoms with Gasteiger partial charge >= 0.3 is 0 Å². The van der Waals surface area contributed by atoms with Gasteiger partial charge in [0.2, 0.25) is 0 Å². The Morgan fingerprint density at radius 3 is 1.06 bits per heavy atom. The molecule has 10 aromatic rings. The molecule has 0 bridgehead atoms. The first-order valence-corrected chi connectivity index (χ1v) is 22.9. The summed E-state index contributed by atoms with van der Waals surface area (Å²) in [5, 5.41) is 9.96. The molecule has 11 rings (SSSR count). The highest BCUT2D eigenvalue weighted by Gasteiger charge is 2.41. The second-order valence-electron chi connectivity index (χ2n) is 19.1. The number of benzene rings is 10. The number of rotatable bonds is 9. The fourth-order valence-corrected chi connectivity index (χ4v) is 10.9. The molecule has 312 valence electrons. The summed E-state index contributed by atoms with van der Waals surface area (Å²) in [6.07, 6.45) is 0.913. The lowest BCUT2D eigenvalue weighted by Gasteiger charge is -2.44. The topological polar surface area (TPSA) is 6.48 Å². The number of hydrogen-bond acceptors (Lipinski definition) is 2. The van der Waals surface area contributed by atoms with E-state index in [1.165, 1.54) is 99.2 Å². The highest BCUT2D eigenvalue weighted by molar-refractivity contribution is 5.93. The van der Waals surface area contributed by atoms with Gasteiger partial charge < -0.3 is 9.80 Å². The third-order valence-electron chi connectivity index (χ3n) is 14.7. The van der Waals surface area contributed by atoms with E-state index < -0.39 is 5.54 Å². The molecule has 0 aliphatic heterocycles.